The number of carbonyl (C=O) groups excluding carboxylic acids is 1. The summed E-state index contributed by atoms with van der Waals surface area (Å²) < 4.78 is 0. The van der Waals surface area contributed by atoms with E-state index in [2.05, 4.69) is 65.6 Å². The molecule has 24 heavy (non-hydrogen) atoms. The highest BCUT2D eigenvalue weighted by atomic mass is 16.2. The lowest BCUT2D eigenvalue weighted by atomic mass is 9.96. The Bertz CT molecular complexity index is 622. The van der Waals surface area contributed by atoms with Gasteiger partial charge in [0.1, 0.15) is 0 Å². The van der Waals surface area contributed by atoms with Gasteiger partial charge in [0.25, 0.3) is 0 Å². The molecular weight excluding hydrogens is 294 g/mol. The number of hydrogen-bond acceptors (Lipinski definition) is 1. The Kier molecular flexibility index (Phi) is 4.38. The van der Waals surface area contributed by atoms with Crippen molar-refractivity contribution in [2.24, 2.45) is 5.92 Å². The second-order valence-electron chi connectivity index (χ2n) is 7.30. The summed E-state index contributed by atoms with van der Waals surface area (Å²) in [5.74, 6) is 1.70. The van der Waals surface area contributed by atoms with Crippen LogP contribution in [0.2, 0.25) is 0 Å². The number of nitrogens with zero attached hydrogens (tertiary/aromatic N) is 1. The van der Waals surface area contributed by atoms with E-state index in [1.807, 2.05) is 0 Å². The van der Waals surface area contributed by atoms with Gasteiger partial charge in [0.05, 0.1) is 0 Å². The smallest absolute Gasteiger partial charge is 0.225 e. The standard InChI is InChI=1S/C22H25NO/c24-22(20-12-11-19(15-20)17-7-3-1-4-8-17)23-14-13-21(16-23)18-9-5-2-6-10-18/h1-10,19-21H,11-16H2/t19-,20+,21+/m1/s1. The van der Waals surface area contributed by atoms with E-state index in [0.29, 0.717) is 17.7 Å². The van der Waals surface area contributed by atoms with Crippen LogP contribution in [0.3, 0.4) is 0 Å². The molecule has 1 saturated heterocycles. The molecule has 3 atom stereocenters. The molecule has 0 spiro atoms. The van der Waals surface area contributed by atoms with Gasteiger partial charge in [-0.25, -0.2) is 0 Å². The Balaban J connectivity index is 1.37. The maximum atomic E-state index is 12.9. The minimum absolute atomic E-state index is 0.227. The van der Waals surface area contributed by atoms with E-state index < -0.39 is 0 Å². The molecule has 0 radical (unpaired) electrons. The Morgan fingerprint density at radius 2 is 1.42 bits per heavy atom. The number of hydrogen-bond donors (Lipinski definition) is 0. The molecule has 2 aromatic rings. The number of amides is 1. The molecule has 2 aliphatic rings. The first-order chi connectivity index (χ1) is 11.8. The van der Waals surface area contributed by atoms with E-state index in [1.54, 1.807) is 0 Å². The summed E-state index contributed by atoms with van der Waals surface area (Å²) in [4.78, 5) is 15.0. The van der Waals surface area contributed by atoms with Crippen LogP contribution in [-0.4, -0.2) is 23.9 Å². The van der Waals surface area contributed by atoms with Crippen molar-refractivity contribution in [3.05, 3.63) is 71.8 Å². The zero-order valence-electron chi connectivity index (χ0n) is 14.1. The molecule has 1 heterocycles. The van der Waals surface area contributed by atoms with Gasteiger partial charge in [0.2, 0.25) is 5.91 Å². The van der Waals surface area contributed by atoms with Crippen LogP contribution in [-0.2, 0) is 4.79 Å². The molecule has 0 unspecified atom stereocenters. The third-order valence-corrected chi connectivity index (χ3v) is 5.82. The molecule has 0 aromatic heterocycles. The van der Waals surface area contributed by atoms with Gasteiger partial charge >= 0.3 is 0 Å². The molecule has 1 aliphatic carbocycles. The van der Waals surface area contributed by atoms with Crippen molar-refractivity contribution in [3.8, 4) is 0 Å². The largest absolute Gasteiger partial charge is 0.342 e. The van der Waals surface area contributed by atoms with Gasteiger partial charge in [-0.3, -0.25) is 4.79 Å². The summed E-state index contributed by atoms with van der Waals surface area (Å²) in [5.41, 5.74) is 2.78. The minimum Gasteiger partial charge on any atom is -0.342 e. The first-order valence-corrected chi connectivity index (χ1v) is 9.20. The van der Waals surface area contributed by atoms with Crippen molar-refractivity contribution in [3.63, 3.8) is 0 Å². The Morgan fingerprint density at radius 1 is 0.792 bits per heavy atom. The fourth-order valence-electron chi connectivity index (χ4n) is 4.45. The molecule has 1 aliphatic heterocycles. The van der Waals surface area contributed by atoms with Crippen molar-refractivity contribution in [2.75, 3.05) is 13.1 Å². The molecule has 2 aromatic carbocycles. The topological polar surface area (TPSA) is 20.3 Å². The zero-order chi connectivity index (χ0) is 16.4. The summed E-state index contributed by atoms with van der Waals surface area (Å²) in [6.07, 6.45) is 4.32. The van der Waals surface area contributed by atoms with E-state index in [1.165, 1.54) is 11.1 Å². The summed E-state index contributed by atoms with van der Waals surface area (Å²) in [7, 11) is 0. The highest BCUT2D eigenvalue weighted by Crippen LogP contribution is 2.40. The van der Waals surface area contributed by atoms with E-state index >= 15 is 0 Å². The predicted octanol–water partition coefficient (Wildman–Crippen LogP) is 4.59. The molecule has 2 fully saturated rings. The van der Waals surface area contributed by atoms with E-state index in [4.69, 9.17) is 0 Å². The van der Waals surface area contributed by atoms with Crippen LogP contribution in [0, 0.1) is 5.92 Å². The average Bonchev–Trinajstić information content (AvgIpc) is 3.33. The summed E-state index contributed by atoms with van der Waals surface area (Å²) in [5, 5.41) is 0. The van der Waals surface area contributed by atoms with Crippen LogP contribution in [0.1, 0.15) is 48.6 Å². The highest BCUT2D eigenvalue weighted by Gasteiger charge is 2.36. The molecule has 1 amide bonds. The third-order valence-electron chi connectivity index (χ3n) is 5.82. The average molecular weight is 319 g/mol. The monoisotopic (exact) mass is 319 g/mol. The van der Waals surface area contributed by atoms with Gasteiger partial charge < -0.3 is 4.90 Å². The molecule has 124 valence electrons. The first kappa shape index (κ1) is 15.4. The van der Waals surface area contributed by atoms with Crippen LogP contribution in [0.15, 0.2) is 60.7 Å². The SMILES string of the molecule is O=C([C@H]1CC[C@@H](c2ccccc2)C1)N1CC[C@H](c2ccccc2)C1. The summed E-state index contributed by atoms with van der Waals surface area (Å²) in [6.45, 7) is 1.82. The lowest BCUT2D eigenvalue weighted by Gasteiger charge is -2.21. The lowest BCUT2D eigenvalue weighted by Crippen LogP contribution is -2.33. The number of likely N-dealkylation sites (tertiary alicyclic amines) is 1. The molecule has 4 rings (SSSR count). The highest BCUT2D eigenvalue weighted by molar-refractivity contribution is 5.79. The molecular formula is C22H25NO. The normalized spacial score (nSPS) is 26.7. The molecule has 1 saturated carbocycles. The predicted molar refractivity (Wildman–Crippen MR) is 96.9 cm³/mol. The first-order valence-electron chi connectivity index (χ1n) is 9.20. The van der Waals surface area contributed by atoms with Crippen LogP contribution < -0.4 is 0 Å². The van der Waals surface area contributed by atoms with Crippen LogP contribution in [0.5, 0.6) is 0 Å². The number of rotatable bonds is 3. The molecule has 0 N–H and O–H groups in total. The maximum Gasteiger partial charge on any atom is 0.225 e. The van der Waals surface area contributed by atoms with Gasteiger partial charge in [0.15, 0.2) is 0 Å². The minimum atomic E-state index is 0.227. The van der Waals surface area contributed by atoms with Gasteiger partial charge in [-0.15, -0.1) is 0 Å². The second-order valence-corrected chi connectivity index (χ2v) is 7.30. The fourth-order valence-corrected chi connectivity index (χ4v) is 4.45. The van der Waals surface area contributed by atoms with Crippen molar-refractivity contribution < 1.29 is 4.79 Å². The summed E-state index contributed by atoms with van der Waals surface area (Å²) in [6, 6.07) is 21.3. The Hall–Kier alpha value is -2.09. The van der Waals surface area contributed by atoms with Gasteiger partial charge in [-0.05, 0) is 42.7 Å². The van der Waals surface area contributed by atoms with E-state index in [0.717, 1.165) is 38.8 Å². The Labute approximate surface area is 144 Å². The number of benzene rings is 2. The van der Waals surface area contributed by atoms with Crippen molar-refractivity contribution >= 4 is 5.91 Å². The van der Waals surface area contributed by atoms with Gasteiger partial charge in [-0.1, -0.05) is 60.7 Å². The number of carbonyl (C=O) groups is 1. The quantitative estimate of drug-likeness (QED) is 0.810. The van der Waals surface area contributed by atoms with Gasteiger partial charge in [0, 0.05) is 24.9 Å². The van der Waals surface area contributed by atoms with Crippen molar-refractivity contribution in [2.45, 2.75) is 37.5 Å². The van der Waals surface area contributed by atoms with Crippen LogP contribution in [0.25, 0.3) is 0 Å². The fraction of sp³-hybridized carbons (Fsp3) is 0.409. The molecule has 2 nitrogen and oxygen atoms in total. The van der Waals surface area contributed by atoms with Gasteiger partial charge in [-0.2, -0.15) is 0 Å². The second kappa shape index (κ2) is 6.80. The van der Waals surface area contributed by atoms with Crippen LogP contribution >= 0.6 is 0 Å². The lowest BCUT2D eigenvalue weighted by molar-refractivity contribution is -0.134. The van der Waals surface area contributed by atoms with Crippen molar-refractivity contribution in [1.29, 1.82) is 0 Å². The summed E-state index contributed by atoms with van der Waals surface area (Å²) >= 11 is 0. The molecule has 2 heteroatoms. The Morgan fingerprint density at radius 3 is 2.08 bits per heavy atom. The maximum absolute atomic E-state index is 12.9. The van der Waals surface area contributed by atoms with Crippen molar-refractivity contribution in [1.82, 2.24) is 4.90 Å². The zero-order valence-corrected chi connectivity index (χ0v) is 14.1. The van der Waals surface area contributed by atoms with E-state index in [-0.39, 0.29) is 5.92 Å². The van der Waals surface area contributed by atoms with E-state index in [9.17, 15) is 4.79 Å². The third kappa shape index (κ3) is 3.10. The molecule has 0 bridgehead atoms. The van der Waals surface area contributed by atoms with Crippen LogP contribution in [0.4, 0.5) is 0 Å².